The summed E-state index contributed by atoms with van der Waals surface area (Å²) in [6.07, 6.45) is -1.79. The molecule has 5 heteroatoms. The highest BCUT2D eigenvalue weighted by atomic mass is 16.4. The lowest BCUT2D eigenvalue weighted by atomic mass is 10.0. The first-order chi connectivity index (χ1) is 4.66. The van der Waals surface area contributed by atoms with Crippen LogP contribution in [0.1, 0.15) is 0 Å². The molecule has 0 unspecified atom stereocenters. The van der Waals surface area contributed by atoms with Crippen molar-refractivity contribution in [3.8, 4) is 0 Å². The van der Waals surface area contributed by atoms with Gasteiger partial charge in [-0.15, -0.1) is 0 Å². The number of amides is 1. The molecule has 1 fully saturated rings. The molecule has 5 nitrogen and oxygen atoms in total. The van der Waals surface area contributed by atoms with Gasteiger partial charge in [-0.3, -0.25) is 4.90 Å². The summed E-state index contributed by atoms with van der Waals surface area (Å²) >= 11 is 0. The summed E-state index contributed by atoms with van der Waals surface area (Å²) in [5.41, 5.74) is 0. The number of aliphatic hydroxyl groups is 2. The Morgan fingerprint density at radius 1 is 1.70 bits per heavy atom. The van der Waals surface area contributed by atoms with E-state index in [1.807, 2.05) is 0 Å². The second-order valence-electron chi connectivity index (χ2n) is 2.25. The molecule has 1 rings (SSSR count). The predicted octanol–water partition coefficient (Wildman–Crippen LogP) is -1.30. The number of likely N-dealkylation sites (tertiary alicyclic amines) is 1. The Morgan fingerprint density at radius 3 is 2.50 bits per heavy atom. The lowest BCUT2D eigenvalue weighted by Gasteiger charge is -2.42. The molecular weight excluding hydrogens is 138 g/mol. The van der Waals surface area contributed by atoms with Gasteiger partial charge in [-0.05, 0) is 0 Å². The van der Waals surface area contributed by atoms with E-state index in [1.165, 1.54) is 0 Å². The molecule has 0 bridgehead atoms. The van der Waals surface area contributed by atoms with Crippen molar-refractivity contribution in [2.24, 2.45) is 0 Å². The Hall–Kier alpha value is -0.810. The van der Waals surface area contributed by atoms with Crippen LogP contribution in [0.3, 0.4) is 0 Å². The third kappa shape index (κ3) is 0.932. The number of hydrogen-bond donors (Lipinski definition) is 3. The van der Waals surface area contributed by atoms with Crippen LogP contribution in [0.5, 0.6) is 0 Å². The first-order valence-corrected chi connectivity index (χ1v) is 2.95. The first-order valence-electron chi connectivity index (χ1n) is 2.95. The monoisotopic (exact) mass is 147 g/mol. The highest BCUT2D eigenvalue weighted by Crippen LogP contribution is 2.16. The summed E-state index contributed by atoms with van der Waals surface area (Å²) in [6, 6.07) is -0.613. The van der Waals surface area contributed by atoms with Crippen LogP contribution >= 0.6 is 0 Å². The van der Waals surface area contributed by atoms with E-state index in [4.69, 9.17) is 15.3 Å². The molecule has 0 aliphatic carbocycles. The van der Waals surface area contributed by atoms with Gasteiger partial charge in [0.2, 0.25) is 0 Å². The van der Waals surface area contributed by atoms with Crippen LogP contribution in [0.15, 0.2) is 0 Å². The molecule has 1 amide bonds. The van der Waals surface area contributed by atoms with E-state index >= 15 is 0 Å². The van der Waals surface area contributed by atoms with Crippen molar-refractivity contribution in [1.29, 1.82) is 0 Å². The summed E-state index contributed by atoms with van der Waals surface area (Å²) in [5.74, 6) is 0. The molecular formula is C5H9NO4. The van der Waals surface area contributed by atoms with Crippen LogP contribution in [0.25, 0.3) is 0 Å². The number of hydrogen-bond acceptors (Lipinski definition) is 3. The van der Waals surface area contributed by atoms with Gasteiger partial charge in [0, 0.05) is 0 Å². The van der Waals surface area contributed by atoms with Crippen molar-refractivity contribution in [3.05, 3.63) is 0 Å². The van der Waals surface area contributed by atoms with Crippen LogP contribution < -0.4 is 0 Å². The Labute approximate surface area is 57.5 Å². The van der Waals surface area contributed by atoms with E-state index in [9.17, 15) is 4.79 Å². The Morgan fingerprint density at radius 2 is 2.30 bits per heavy atom. The lowest BCUT2D eigenvalue weighted by Crippen LogP contribution is -2.63. The molecule has 0 aromatic carbocycles. The summed E-state index contributed by atoms with van der Waals surface area (Å²) in [5, 5.41) is 25.7. The van der Waals surface area contributed by atoms with E-state index < -0.39 is 18.2 Å². The van der Waals surface area contributed by atoms with Crippen molar-refractivity contribution in [1.82, 2.24) is 4.90 Å². The van der Waals surface area contributed by atoms with E-state index in [2.05, 4.69) is 0 Å². The molecule has 1 saturated heterocycles. The highest BCUT2D eigenvalue weighted by molar-refractivity contribution is 5.66. The summed E-state index contributed by atoms with van der Waals surface area (Å²) in [6.45, 7) is -0.200. The summed E-state index contributed by atoms with van der Waals surface area (Å²) in [4.78, 5) is 11.2. The van der Waals surface area contributed by atoms with Crippen LogP contribution in [-0.4, -0.2) is 51.6 Å². The smallest absolute Gasteiger partial charge is 0.407 e. The fourth-order valence-corrected chi connectivity index (χ4v) is 0.969. The minimum atomic E-state index is -1.09. The summed E-state index contributed by atoms with van der Waals surface area (Å²) < 4.78 is 0. The molecule has 0 aromatic heterocycles. The molecule has 0 aromatic rings. The van der Waals surface area contributed by atoms with Crippen molar-refractivity contribution in [2.75, 3.05) is 13.2 Å². The van der Waals surface area contributed by atoms with Crippen LogP contribution in [0.2, 0.25) is 0 Å². The number of carboxylic acid groups (broad SMARTS) is 1. The second-order valence-corrected chi connectivity index (χ2v) is 2.25. The van der Waals surface area contributed by atoms with Gasteiger partial charge in [-0.25, -0.2) is 4.79 Å². The zero-order valence-electron chi connectivity index (χ0n) is 5.27. The lowest BCUT2D eigenvalue weighted by molar-refractivity contribution is -0.0664. The Bertz CT molecular complexity index is 149. The maximum atomic E-state index is 10.2. The van der Waals surface area contributed by atoms with Gasteiger partial charge < -0.3 is 15.3 Å². The molecule has 1 aliphatic heterocycles. The fourth-order valence-electron chi connectivity index (χ4n) is 0.969. The largest absolute Gasteiger partial charge is 0.465 e. The molecule has 3 N–H and O–H groups in total. The zero-order valence-corrected chi connectivity index (χ0v) is 5.27. The molecule has 0 saturated carbocycles. The quantitative estimate of drug-likeness (QED) is 0.430. The summed E-state index contributed by atoms with van der Waals surface area (Å²) in [7, 11) is 0. The molecule has 1 heterocycles. The molecule has 10 heavy (non-hydrogen) atoms. The molecule has 2 atom stereocenters. The average Bonchev–Trinajstić information content (AvgIpc) is 1.83. The molecule has 1 aliphatic rings. The van der Waals surface area contributed by atoms with Gasteiger partial charge in [0.25, 0.3) is 0 Å². The standard InChI is InChI=1S/C5H9NO4/c7-2-3-4(8)1-6(3)5(9)10/h3-4,7-8H,1-2H2,(H,9,10)/t3-,4+/m1/s1. The predicted molar refractivity (Wildman–Crippen MR) is 31.6 cm³/mol. The van der Waals surface area contributed by atoms with Gasteiger partial charge in [0.15, 0.2) is 0 Å². The first kappa shape index (κ1) is 7.30. The third-order valence-corrected chi connectivity index (χ3v) is 1.66. The number of nitrogens with zero attached hydrogens (tertiary/aromatic N) is 1. The number of β-amino-alcohol motifs (C(OH)–C–C–N with tert-alkyl or cyclic N) is 1. The van der Waals surface area contributed by atoms with Crippen LogP contribution in [0.4, 0.5) is 4.79 Å². The van der Waals surface area contributed by atoms with E-state index in [1.54, 1.807) is 0 Å². The van der Waals surface area contributed by atoms with Gasteiger partial charge in [0.05, 0.1) is 25.3 Å². The fraction of sp³-hybridized carbons (Fsp3) is 0.800. The minimum Gasteiger partial charge on any atom is -0.465 e. The van der Waals surface area contributed by atoms with Crippen molar-refractivity contribution < 1.29 is 20.1 Å². The highest BCUT2D eigenvalue weighted by Gasteiger charge is 2.40. The van der Waals surface area contributed by atoms with Gasteiger partial charge in [0.1, 0.15) is 0 Å². The minimum absolute atomic E-state index is 0.112. The third-order valence-electron chi connectivity index (χ3n) is 1.66. The molecule has 0 radical (unpaired) electrons. The van der Waals surface area contributed by atoms with Crippen molar-refractivity contribution in [2.45, 2.75) is 12.1 Å². The van der Waals surface area contributed by atoms with E-state index in [0.717, 1.165) is 4.90 Å². The maximum Gasteiger partial charge on any atom is 0.407 e. The van der Waals surface area contributed by atoms with Crippen molar-refractivity contribution in [3.63, 3.8) is 0 Å². The van der Waals surface area contributed by atoms with Crippen LogP contribution in [-0.2, 0) is 0 Å². The number of rotatable bonds is 1. The van der Waals surface area contributed by atoms with Crippen molar-refractivity contribution >= 4 is 6.09 Å². The zero-order chi connectivity index (χ0) is 7.72. The second kappa shape index (κ2) is 2.43. The van der Waals surface area contributed by atoms with Gasteiger partial charge in [-0.2, -0.15) is 0 Å². The Kier molecular flexibility index (Phi) is 1.78. The maximum absolute atomic E-state index is 10.2. The number of aliphatic hydroxyl groups excluding tert-OH is 2. The molecule has 0 spiro atoms. The SMILES string of the molecule is O=C(O)N1C[C@H](O)[C@H]1CO. The van der Waals surface area contributed by atoms with Gasteiger partial charge in [-0.1, -0.05) is 0 Å². The number of carbonyl (C=O) groups is 1. The molecule has 58 valence electrons. The van der Waals surface area contributed by atoms with Gasteiger partial charge >= 0.3 is 6.09 Å². The normalized spacial score (nSPS) is 31.6. The van der Waals surface area contributed by atoms with E-state index in [-0.39, 0.29) is 13.2 Å². The Balaban J connectivity index is 2.45. The van der Waals surface area contributed by atoms with Crippen LogP contribution in [0, 0.1) is 0 Å². The van der Waals surface area contributed by atoms with E-state index in [0.29, 0.717) is 0 Å². The average molecular weight is 147 g/mol. The topological polar surface area (TPSA) is 81.0 Å².